The first kappa shape index (κ1) is 13.0. The standard InChI is InChI=1S/C15H12BrFO/c1-9-3-4-10(2)12(7-9)15(18)13-8-11(16)5-6-14(13)17/h3-8H,1-2H3. The van der Waals surface area contributed by atoms with E-state index >= 15 is 0 Å². The van der Waals surface area contributed by atoms with Crippen molar-refractivity contribution in [3.8, 4) is 0 Å². The van der Waals surface area contributed by atoms with Crippen LogP contribution in [0, 0.1) is 19.7 Å². The number of hydrogen-bond acceptors (Lipinski definition) is 1. The smallest absolute Gasteiger partial charge is 0.196 e. The monoisotopic (exact) mass is 306 g/mol. The average molecular weight is 307 g/mol. The van der Waals surface area contributed by atoms with E-state index in [9.17, 15) is 9.18 Å². The molecular weight excluding hydrogens is 295 g/mol. The second kappa shape index (κ2) is 5.02. The molecule has 0 N–H and O–H groups in total. The van der Waals surface area contributed by atoms with Crippen LogP contribution in [-0.4, -0.2) is 5.78 Å². The molecule has 0 aliphatic rings. The quantitative estimate of drug-likeness (QED) is 0.750. The summed E-state index contributed by atoms with van der Waals surface area (Å²) in [6.07, 6.45) is 0. The van der Waals surface area contributed by atoms with Gasteiger partial charge in [-0.1, -0.05) is 33.6 Å². The molecule has 0 aliphatic heterocycles. The summed E-state index contributed by atoms with van der Waals surface area (Å²) < 4.78 is 14.4. The predicted molar refractivity (Wildman–Crippen MR) is 73.4 cm³/mol. The van der Waals surface area contributed by atoms with Crippen LogP contribution in [0.2, 0.25) is 0 Å². The van der Waals surface area contributed by atoms with E-state index in [2.05, 4.69) is 15.9 Å². The van der Waals surface area contributed by atoms with Crippen molar-refractivity contribution in [3.05, 3.63) is 68.9 Å². The zero-order valence-electron chi connectivity index (χ0n) is 10.1. The molecule has 0 bridgehead atoms. The van der Waals surface area contributed by atoms with Gasteiger partial charge in [-0.25, -0.2) is 4.39 Å². The third-order valence-corrected chi connectivity index (χ3v) is 3.30. The zero-order valence-corrected chi connectivity index (χ0v) is 11.7. The molecule has 0 heterocycles. The van der Waals surface area contributed by atoms with Crippen LogP contribution in [0.15, 0.2) is 40.9 Å². The number of aryl methyl sites for hydroxylation is 2. The number of hydrogen-bond donors (Lipinski definition) is 0. The van der Waals surface area contributed by atoms with E-state index in [-0.39, 0.29) is 11.3 Å². The summed E-state index contributed by atoms with van der Waals surface area (Å²) in [5, 5.41) is 0. The largest absolute Gasteiger partial charge is 0.288 e. The minimum absolute atomic E-state index is 0.0954. The van der Waals surface area contributed by atoms with E-state index in [0.717, 1.165) is 11.1 Å². The van der Waals surface area contributed by atoms with E-state index < -0.39 is 5.82 Å². The van der Waals surface area contributed by atoms with Gasteiger partial charge in [0.1, 0.15) is 5.82 Å². The number of halogens is 2. The Morgan fingerprint density at radius 1 is 1.06 bits per heavy atom. The Labute approximate surface area is 114 Å². The Morgan fingerprint density at radius 2 is 1.78 bits per heavy atom. The van der Waals surface area contributed by atoms with E-state index in [1.165, 1.54) is 12.1 Å². The fourth-order valence-electron chi connectivity index (χ4n) is 1.80. The first-order chi connectivity index (χ1) is 8.49. The third-order valence-electron chi connectivity index (χ3n) is 2.81. The van der Waals surface area contributed by atoms with Gasteiger partial charge < -0.3 is 0 Å². The number of rotatable bonds is 2. The molecule has 2 aromatic rings. The molecule has 0 aliphatic carbocycles. The highest BCUT2D eigenvalue weighted by Crippen LogP contribution is 2.21. The SMILES string of the molecule is Cc1ccc(C)c(C(=O)c2cc(Br)ccc2F)c1. The van der Waals surface area contributed by atoms with Gasteiger partial charge in [-0.15, -0.1) is 0 Å². The molecule has 3 heteroatoms. The summed E-state index contributed by atoms with van der Waals surface area (Å²) in [4.78, 5) is 12.3. The van der Waals surface area contributed by atoms with Crippen molar-refractivity contribution in [2.75, 3.05) is 0 Å². The molecule has 0 atom stereocenters. The lowest BCUT2D eigenvalue weighted by molar-refractivity contribution is 0.103. The van der Waals surface area contributed by atoms with Crippen molar-refractivity contribution in [2.45, 2.75) is 13.8 Å². The number of carbonyl (C=O) groups is 1. The second-order valence-electron chi connectivity index (χ2n) is 4.27. The van der Waals surface area contributed by atoms with Gasteiger partial charge in [0, 0.05) is 10.0 Å². The summed E-state index contributed by atoms with van der Waals surface area (Å²) in [5.41, 5.74) is 2.48. The minimum atomic E-state index is -0.496. The van der Waals surface area contributed by atoms with Gasteiger partial charge in [-0.3, -0.25) is 4.79 Å². The summed E-state index contributed by atoms with van der Waals surface area (Å²) >= 11 is 3.25. The average Bonchev–Trinajstić information content (AvgIpc) is 2.34. The lowest BCUT2D eigenvalue weighted by atomic mass is 9.97. The minimum Gasteiger partial charge on any atom is -0.288 e. The maximum atomic E-state index is 13.7. The lowest BCUT2D eigenvalue weighted by Gasteiger charge is -2.07. The number of carbonyl (C=O) groups excluding carboxylic acids is 1. The maximum Gasteiger partial charge on any atom is 0.196 e. The van der Waals surface area contributed by atoms with Gasteiger partial charge >= 0.3 is 0 Å². The van der Waals surface area contributed by atoms with Crippen LogP contribution in [0.3, 0.4) is 0 Å². The van der Waals surface area contributed by atoms with Crippen molar-refractivity contribution in [2.24, 2.45) is 0 Å². The van der Waals surface area contributed by atoms with Crippen molar-refractivity contribution in [1.29, 1.82) is 0 Å². The summed E-state index contributed by atoms with van der Waals surface area (Å²) in [6, 6.07) is 9.98. The fraction of sp³-hybridized carbons (Fsp3) is 0.133. The summed E-state index contributed by atoms with van der Waals surface area (Å²) in [5.74, 6) is -0.779. The third kappa shape index (κ3) is 2.51. The van der Waals surface area contributed by atoms with Crippen LogP contribution in [0.1, 0.15) is 27.0 Å². The Kier molecular flexibility index (Phi) is 3.62. The van der Waals surface area contributed by atoms with E-state index in [4.69, 9.17) is 0 Å². The Balaban J connectivity index is 2.54. The molecule has 0 saturated carbocycles. The second-order valence-corrected chi connectivity index (χ2v) is 5.19. The Hall–Kier alpha value is -1.48. The highest BCUT2D eigenvalue weighted by molar-refractivity contribution is 9.10. The molecule has 0 radical (unpaired) electrons. The molecule has 92 valence electrons. The number of benzene rings is 2. The summed E-state index contributed by atoms with van der Waals surface area (Å²) in [6.45, 7) is 3.76. The van der Waals surface area contributed by atoms with E-state index in [0.29, 0.717) is 10.0 Å². The van der Waals surface area contributed by atoms with E-state index in [1.807, 2.05) is 26.0 Å². The van der Waals surface area contributed by atoms with Crippen molar-refractivity contribution < 1.29 is 9.18 Å². The molecule has 0 unspecified atom stereocenters. The predicted octanol–water partition coefficient (Wildman–Crippen LogP) is 4.44. The Bertz CT molecular complexity index is 566. The molecule has 0 amide bonds. The van der Waals surface area contributed by atoms with Crippen LogP contribution >= 0.6 is 15.9 Å². The molecule has 0 aromatic heterocycles. The fourth-order valence-corrected chi connectivity index (χ4v) is 2.16. The Morgan fingerprint density at radius 3 is 2.50 bits per heavy atom. The van der Waals surface area contributed by atoms with Gasteiger partial charge in [0.25, 0.3) is 0 Å². The molecule has 2 rings (SSSR count). The first-order valence-corrected chi connectivity index (χ1v) is 6.35. The van der Waals surface area contributed by atoms with Crippen LogP contribution in [0.4, 0.5) is 4.39 Å². The van der Waals surface area contributed by atoms with Gasteiger partial charge in [-0.05, 0) is 43.7 Å². The zero-order chi connectivity index (χ0) is 13.3. The van der Waals surface area contributed by atoms with Crippen molar-refractivity contribution in [3.63, 3.8) is 0 Å². The number of ketones is 1. The molecule has 0 fully saturated rings. The molecule has 2 aromatic carbocycles. The lowest BCUT2D eigenvalue weighted by Crippen LogP contribution is -2.06. The van der Waals surface area contributed by atoms with Crippen molar-refractivity contribution >= 4 is 21.7 Å². The van der Waals surface area contributed by atoms with Crippen LogP contribution in [0.25, 0.3) is 0 Å². The van der Waals surface area contributed by atoms with Gasteiger partial charge in [0.15, 0.2) is 5.78 Å². The topological polar surface area (TPSA) is 17.1 Å². The highest BCUT2D eigenvalue weighted by Gasteiger charge is 2.16. The summed E-state index contributed by atoms with van der Waals surface area (Å²) in [7, 11) is 0. The van der Waals surface area contributed by atoms with Crippen LogP contribution in [-0.2, 0) is 0 Å². The molecule has 18 heavy (non-hydrogen) atoms. The van der Waals surface area contributed by atoms with Gasteiger partial charge in [0.05, 0.1) is 5.56 Å². The first-order valence-electron chi connectivity index (χ1n) is 5.56. The molecule has 0 saturated heterocycles. The maximum absolute atomic E-state index is 13.7. The highest BCUT2D eigenvalue weighted by atomic mass is 79.9. The normalized spacial score (nSPS) is 10.4. The van der Waals surface area contributed by atoms with Crippen LogP contribution < -0.4 is 0 Å². The molecule has 1 nitrogen and oxygen atoms in total. The van der Waals surface area contributed by atoms with E-state index in [1.54, 1.807) is 12.1 Å². The van der Waals surface area contributed by atoms with Crippen molar-refractivity contribution in [1.82, 2.24) is 0 Å². The van der Waals surface area contributed by atoms with Gasteiger partial charge in [0.2, 0.25) is 0 Å². The van der Waals surface area contributed by atoms with Gasteiger partial charge in [-0.2, -0.15) is 0 Å². The molecular formula is C15H12BrFO. The molecule has 0 spiro atoms. The van der Waals surface area contributed by atoms with Crippen LogP contribution in [0.5, 0.6) is 0 Å².